The van der Waals surface area contributed by atoms with Gasteiger partial charge in [0.1, 0.15) is 5.02 Å². The highest BCUT2D eigenvalue weighted by molar-refractivity contribution is 6.32. The lowest BCUT2D eigenvalue weighted by Gasteiger charge is -2.37. The summed E-state index contributed by atoms with van der Waals surface area (Å²) in [4.78, 5) is 26.3. The van der Waals surface area contributed by atoms with E-state index in [4.69, 9.17) is 11.6 Å². The minimum absolute atomic E-state index is 0.0520. The SMILES string of the molecule is O=C1CCC2CN(Cc3ccc(Cl)c([N+](=O)[O-])c3)CCN12. The number of rotatable bonds is 3. The fourth-order valence-corrected chi connectivity index (χ4v) is 3.31. The minimum Gasteiger partial charge on any atom is -0.337 e. The van der Waals surface area contributed by atoms with Crippen LogP contribution in [0, 0.1) is 10.1 Å². The Morgan fingerprint density at radius 1 is 1.38 bits per heavy atom. The molecule has 0 saturated carbocycles. The van der Waals surface area contributed by atoms with Crippen LogP contribution in [0.5, 0.6) is 0 Å². The van der Waals surface area contributed by atoms with Crippen molar-refractivity contribution in [2.75, 3.05) is 19.6 Å². The lowest BCUT2D eigenvalue weighted by molar-refractivity contribution is -0.384. The number of amides is 1. The Labute approximate surface area is 127 Å². The Kier molecular flexibility index (Phi) is 3.82. The van der Waals surface area contributed by atoms with Gasteiger partial charge in [-0.15, -0.1) is 0 Å². The molecule has 1 aromatic rings. The number of carbonyl (C=O) groups excluding carboxylic acids is 1. The third kappa shape index (κ3) is 2.87. The molecule has 112 valence electrons. The first-order chi connectivity index (χ1) is 10.0. The zero-order valence-corrected chi connectivity index (χ0v) is 12.3. The van der Waals surface area contributed by atoms with Crippen molar-refractivity contribution in [3.05, 3.63) is 38.9 Å². The highest BCUT2D eigenvalue weighted by Crippen LogP contribution is 2.27. The fraction of sp³-hybridized carbons (Fsp3) is 0.500. The molecule has 2 aliphatic rings. The first-order valence-electron chi connectivity index (χ1n) is 6.99. The molecule has 6 nitrogen and oxygen atoms in total. The Hall–Kier alpha value is -1.66. The van der Waals surface area contributed by atoms with Crippen LogP contribution < -0.4 is 0 Å². The standard InChI is InChI=1S/C14H16ClN3O3/c15-12-3-1-10(7-13(12)18(20)21)8-16-5-6-17-11(9-16)2-4-14(17)19/h1,3,7,11H,2,4-6,8-9H2. The first-order valence-corrected chi connectivity index (χ1v) is 7.37. The second kappa shape index (κ2) is 5.61. The number of hydrogen-bond donors (Lipinski definition) is 0. The van der Waals surface area contributed by atoms with Crippen molar-refractivity contribution in [1.29, 1.82) is 0 Å². The van der Waals surface area contributed by atoms with E-state index < -0.39 is 4.92 Å². The molecule has 1 aromatic carbocycles. The van der Waals surface area contributed by atoms with Gasteiger partial charge in [-0.3, -0.25) is 19.8 Å². The normalized spacial score (nSPS) is 22.4. The van der Waals surface area contributed by atoms with Crippen LogP contribution in [0.25, 0.3) is 0 Å². The van der Waals surface area contributed by atoms with E-state index in [0.717, 1.165) is 31.6 Å². The number of fused-ring (bicyclic) bond motifs is 1. The number of hydrogen-bond acceptors (Lipinski definition) is 4. The molecule has 0 bridgehead atoms. The van der Waals surface area contributed by atoms with E-state index in [1.807, 2.05) is 11.0 Å². The molecule has 0 spiro atoms. The van der Waals surface area contributed by atoms with Crippen LogP contribution in [0.3, 0.4) is 0 Å². The summed E-state index contributed by atoms with van der Waals surface area (Å²) in [5.74, 6) is 0.252. The molecule has 0 radical (unpaired) electrons. The first kappa shape index (κ1) is 14.3. The molecular weight excluding hydrogens is 294 g/mol. The maximum atomic E-state index is 11.6. The number of piperazine rings is 1. The number of benzene rings is 1. The summed E-state index contributed by atoms with van der Waals surface area (Å²) in [6.07, 6.45) is 1.56. The van der Waals surface area contributed by atoms with Gasteiger partial charge >= 0.3 is 0 Å². The van der Waals surface area contributed by atoms with Crippen LogP contribution in [0.1, 0.15) is 18.4 Å². The summed E-state index contributed by atoms with van der Waals surface area (Å²) in [6.45, 7) is 3.04. The van der Waals surface area contributed by atoms with Gasteiger partial charge in [-0.1, -0.05) is 17.7 Å². The van der Waals surface area contributed by atoms with Gasteiger partial charge in [0.25, 0.3) is 5.69 Å². The van der Waals surface area contributed by atoms with Crippen molar-refractivity contribution < 1.29 is 9.72 Å². The molecule has 2 heterocycles. The summed E-state index contributed by atoms with van der Waals surface area (Å²) in [6, 6.07) is 5.23. The topological polar surface area (TPSA) is 66.7 Å². The molecule has 1 unspecified atom stereocenters. The summed E-state index contributed by atoms with van der Waals surface area (Å²) in [5, 5.41) is 11.1. The maximum absolute atomic E-state index is 11.6. The molecule has 1 atom stereocenters. The van der Waals surface area contributed by atoms with Gasteiger partial charge in [0, 0.05) is 44.7 Å². The number of halogens is 1. The number of nitro groups is 1. The Balaban J connectivity index is 1.69. The van der Waals surface area contributed by atoms with Gasteiger partial charge < -0.3 is 4.90 Å². The van der Waals surface area contributed by atoms with Crippen LogP contribution in [-0.2, 0) is 11.3 Å². The van der Waals surface area contributed by atoms with Gasteiger partial charge in [0.15, 0.2) is 0 Å². The average molecular weight is 310 g/mol. The van der Waals surface area contributed by atoms with Crippen molar-refractivity contribution >= 4 is 23.2 Å². The van der Waals surface area contributed by atoms with Crippen LogP contribution in [-0.4, -0.2) is 46.3 Å². The number of carbonyl (C=O) groups is 1. The predicted octanol–water partition coefficient (Wildman–Crippen LogP) is 2.05. The van der Waals surface area contributed by atoms with Gasteiger partial charge in [0.05, 0.1) is 4.92 Å². The van der Waals surface area contributed by atoms with E-state index in [-0.39, 0.29) is 16.6 Å². The van der Waals surface area contributed by atoms with E-state index in [0.29, 0.717) is 19.0 Å². The quantitative estimate of drug-likeness (QED) is 0.633. The zero-order valence-electron chi connectivity index (χ0n) is 11.5. The van der Waals surface area contributed by atoms with E-state index in [1.54, 1.807) is 6.07 Å². The molecule has 1 amide bonds. The molecule has 2 aliphatic heterocycles. The van der Waals surface area contributed by atoms with E-state index >= 15 is 0 Å². The van der Waals surface area contributed by atoms with Crippen molar-refractivity contribution in [2.45, 2.75) is 25.4 Å². The molecule has 21 heavy (non-hydrogen) atoms. The maximum Gasteiger partial charge on any atom is 0.288 e. The number of nitrogens with zero attached hydrogens (tertiary/aromatic N) is 3. The molecule has 0 N–H and O–H groups in total. The Bertz CT molecular complexity index is 593. The van der Waals surface area contributed by atoms with Gasteiger partial charge in [-0.05, 0) is 18.1 Å². The monoisotopic (exact) mass is 309 g/mol. The van der Waals surface area contributed by atoms with Crippen LogP contribution in [0.2, 0.25) is 5.02 Å². The summed E-state index contributed by atoms with van der Waals surface area (Å²) in [7, 11) is 0. The summed E-state index contributed by atoms with van der Waals surface area (Å²) in [5.41, 5.74) is 0.827. The third-order valence-corrected chi connectivity index (χ3v) is 4.51. The molecular formula is C14H16ClN3O3. The summed E-state index contributed by atoms with van der Waals surface area (Å²) >= 11 is 5.82. The van der Waals surface area contributed by atoms with E-state index in [2.05, 4.69) is 4.90 Å². The van der Waals surface area contributed by atoms with Crippen molar-refractivity contribution in [2.24, 2.45) is 0 Å². The van der Waals surface area contributed by atoms with Crippen LogP contribution >= 0.6 is 11.6 Å². The van der Waals surface area contributed by atoms with Crippen molar-refractivity contribution in [1.82, 2.24) is 9.80 Å². The highest BCUT2D eigenvalue weighted by Gasteiger charge is 2.35. The van der Waals surface area contributed by atoms with Crippen LogP contribution in [0.4, 0.5) is 5.69 Å². The van der Waals surface area contributed by atoms with Crippen LogP contribution in [0.15, 0.2) is 18.2 Å². The molecule has 0 aliphatic carbocycles. The lowest BCUT2D eigenvalue weighted by Crippen LogP contribution is -2.50. The lowest BCUT2D eigenvalue weighted by atomic mass is 10.1. The number of nitro benzene ring substituents is 1. The molecule has 3 rings (SSSR count). The van der Waals surface area contributed by atoms with Crippen molar-refractivity contribution in [3.63, 3.8) is 0 Å². The van der Waals surface area contributed by atoms with E-state index in [1.165, 1.54) is 6.07 Å². The van der Waals surface area contributed by atoms with Crippen molar-refractivity contribution in [3.8, 4) is 0 Å². The second-order valence-electron chi connectivity index (χ2n) is 5.56. The smallest absolute Gasteiger partial charge is 0.288 e. The van der Waals surface area contributed by atoms with Gasteiger partial charge in [0.2, 0.25) is 5.91 Å². The Morgan fingerprint density at radius 3 is 2.95 bits per heavy atom. The molecule has 2 saturated heterocycles. The van der Waals surface area contributed by atoms with Gasteiger partial charge in [-0.2, -0.15) is 0 Å². The average Bonchev–Trinajstić information content (AvgIpc) is 2.82. The van der Waals surface area contributed by atoms with E-state index in [9.17, 15) is 14.9 Å². The zero-order chi connectivity index (χ0) is 15.0. The largest absolute Gasteiger partial charge is 0.337 e. The molecule has 7 heteroatoms. The van der Waals surface area contributed by atoms with Gasteiger partial charge in [-0.25, -0.2) is 0 Å². The molecule has 2 fully saturated rings. The second-order valence-corrected chi connectivity index (χ2v) is 5.96. The minimum atomic E-state index is -0.459. The Morgan fingerprint density at radius 2 is 2.19 bits per heavy atom. The third-order valence-electron chi connectivity index (χ3n) is 4.19. The highest BCUT2D eigenvalue weighted by atomic mass is 35.5. The molecule has 0 aromatic heterocycles. The fourth-order valence-electron chi connectivity index (χ4n) is 3.13. The predicted molar refractivity (Wildman–Crippen MR) is 78.1 cm³/mol. The summed E-state index contributed by atoms with van der Waals surface area (Å²) < 4.78 is 0.